The zero-order valence-corrected chi connectivity index (χ0v) is 14.6. The minimum atomic E-state index is 0.515. The minimum Gasteiger partial charge on any atom is -0.314 e. The average molecular weight is 350 g/mol. The Morgan fingerprint density at radius 2 is 1.86 bits per heavy atom. The average Bonchev–Trinajstić information content (AvgIpc) is 2.84. The summed E-state index contributed by atoms with van der Waals surface area (Å²) in [5.74, 6) is 0.559. The molecule has 4 heteroatoms. The lowest BCUT2D eigenvalue weighted by molar-refractivity contribution is 0.439. The van der Waals surface area contributed by atoms with Crippen molar-refractivity contribution >= 4 is 15.9 Å². The monoisotopic (exact) mass is 349 g/mol. The Hall–Kier alpha value is -1.13. The molecule has 1 heterocycles. The maximum atomic E-state index is 4.51. The molecule has 2 aromatic rings. The Kier molecular flexibility index (Phi) is 6.00. The Balaban J connectivity index is 2.02. The van der Waals surface area contributed by atoms with Gasteiger partial charge >= 0.3 is 0 Å². The molecule has 0 saturated heterocycles. The van der Waals surface area contributed by atoms with Crippen molar-refractivity contribution in [3.05, 3.63) is 52.3 Å². The maximum Gasteiger partial charge on any atom is 0.0627 e. The van der Waals surface area contributed by atoms with Crippen LogP contribution in [0.5, 0.6) is 0 Å². The van der Waals surface area contributed by atoms with E-state index >= 15 is 0 Å². The van der Waals surface area contributed by atoms with Crippen molar-refractivity contribution in [2.24, 2.45) is 13.0 Å². The predicted molar refractivity (Wildman–Crippen MR) is 91.4 cm³/mol. The molecule has 0 spiro atoms. The summed E-state index contributed by atoms with van der Waals surface area (Å²) in [6, 6.07) is 11.3. The molecule has 1 N–H and O–H groups in total. The summed E-state index contributed by atoms with van der Waals surface area (Å²) in [6.45, 7) is 5.40. The summed E-state index contributed by atoms with van der Waals surface area (Å²) in [5, 5.41) is 8.08. The molecule has 0 aliphatic carbocycles. The minimum absolute atomic E-state index is 0.515. The first-order chi connectivity index (χ1) is 10.0. The molecule has 0 fully saturated rings. The van der Waals surface area contributed by atoms with Gasteiger partial charge in [-0.25, -0.2) is 0 Å². The molecule has 2 rings (SSSR count). The van der Waals surface area contributed by atoms with Crippen LogP contribution >= 0.6 is 15.9 Å². The zero-order chi connectivity index (χ0) is 15.2. The van der Waals surface area contributed by atoms with E-state index in [-0.39, 0.29) is 0 Å². The molecule has 0 amide bonds. The highest BCUT2D eigenvalue weighted by molar-refractivity contribution is 9.10. The summed E-state index contributed by atoms with van der Waals surface area (Å²) < 4.78 is 3.01. The van der Waals surface area contributed by atoms with Crippen LogP contribution in [0.1, 0.15) is 25.1 Å². The number of nitrogens with one attached hydrogen (secondary N) is 1. The second-order valence-electron chi connectivity index (χ2n) is 5.94. The highest BCUT2D eigenvalue weighted by Crippen LogP contribution is 2.16. The molecular weight excluding hydrogens is 326 g/mol. The normalized spacial score (nSPS) is 12.8. The van der Waals surface area contributed by atoms with Gasteiger partial charge in [-0.1, -0.05) is 41.9 Å². The molecule has 1 aromatic carbocycles. The third-order valence-electron chi connectivity index (χ3n) is 3.52. The topological polar surface area (TPSA) is 29.9 Å². The Labute approximate surface area is 135 Å². The first-order valence-electron chi connectivity index (χ1n) is 7.49. The summed E-state index contributed by atoms with van der Waals surface area (Å²) in [7, 11) is 1.97. The fourth-order valence-electron chi connectivity index (χ4n) is 2.44. The lowest BCUT2D eigenvalue weighted by Gasteiger charge is -2.18. The van der Waals surface area contributed by atoms with Crippen LogP contribution in [0.4, 0.5) is 0 Å². The van der Waals surface area contributed by atoms with Crippen molar-refractivity contribution in [3.63, 3.8) is 0 Å². The largest absolute Gasteiger partial charge is 0.314 e. The van der Waals surface area contributed by atoms with E-state index in [1.807, 2.05) is 17.9 Å². The predicted octanol–water partition coefficient (Wildman–Crippen LogP) is 3.58. The standard InChI is InChI=1S/C17H24BrN3/c1-13(2)19-12-15(11-17-8-9-21(3)20-17)10-14-4-6-16(18)7-5-14/h4-9,13,15,19H,10-12H2,1-3H3. The summed E-state index contributed by atoms with van der Waals surface area (Å²) >= 11 is 3.49. The van der Waals surface area contributed by atoms with Crippen LogP contribution in [0.25, 0.3) is 0 Å². The molecule has 0 bridgehead atoms. The van der Waals surface area contributed by atoms with Crippen molar-refractivity contribution < 1.29 is 0 Å². The number of aryl methyl sites for hydroxylation is 1. The third-order valence-corrected chi connectivity index (χ3v) is 4.05. The number of benzene rings is 1. The van der Waals surface area contributed by atoms with Gasteiger partial charge in [0.15, 0.2) is 0 Å². The highest BCUT2D eigenvalue weighted by atomic mass is 79.9. The Morgan fingerprint density at radius 3 is 2.43 bits per heavy atom. The number of nitrogens with zero attached hydrogens (tertiary/aromatic N) is 2. The second kappa shape index (κ2) is 7.76. The van der Waals surface area contributed by atoms with E-state index in [0.29, 0.717) is 12.0 Å². The number of halogens is 1. The van der Waals surface area contributed by atoms with Crippen molar-refractivity contribution in [1.29, 1.82) is 0 Å². The molecule has 0 radical (unpaired) electrons. The van der Waals surface area contributed by atoms with E-state index in [1.54, 1.807) is 0 Å². The van der Waals surface area contributed by atoms with Crippen LogP contribution in [-0.4, -0.2) is 22.4 Å². The van der Waals surface area contributed by atoms with E-state index in [9.17, 15) is 0 Å². The van der Waals surface area contributed by atoms with Crippen molar-refractivity contribution in [3.8, 4) is 0 Å². The molecule has 114 valence electrons. The van der Waals surface area contributed by atoms with Crippen LogP contribution in [0.15, 0.2) is 41.0 Å². The van der Waals surface area contributed by atoms with E-state index in [1.165, 1.54) is 11.3 Å². The number of hydrogen-bond acceptors (Lipinski definition) is 2. The van der Waals surface area contributed by atoms with Gasteiger partial charge in [0.05, 0.1) is 5.69 Å². The van der Waals surface area contributed by atoms with Crippen LogP contribution in [0.2, 0.25) is 0 Å². The fourth-order valence-corrected chi connectivity index (χ4v) is 2.70. The first kappa shape index (κ1) is 16.2. The third kappa shape index (κ3) is 5.64. The number of hydrogen-bond donors (Lipinski definition) is 1. The van der Waals surface area contributed by atoms with Gasteiger partial charge in [-0.05, 0) is 49.1 Å². The van der Waals surface area contributed by atoms with Crippen LogP contribution < -0.4 is 5.32 Å². The molecule has 0 aliphatic heterocycles. The molecule has 1 aromatic heterocycles. The molecule has 0 saturated carbocycles. The van der Waals surface area contributed by atoms with Gasteiger partial charge in [-0.3, -0.25) is 4.68 Å². The molecule has 0 aliphatic rings. The molecular formula is C17H24BrN3. The highest BCUT2D eigenvalue weighted by Gasteiger charge is 2.13. The number of aromatic nitrogens is 2. The van der Waals surface area contributed by atoms with Gasteiger partial charge in [0.2, 0.25) is 0 Å². The number of rotatable bonds is 7. The summed E-state index contributed by atoms with van der Waals surface area (Å²) in [6.07, 6.45) is 4.10. The Bertz CT molecular complexity index is 545. The molecule has 3 nitrogen and oxygen atoms in total. The lowest BCUT2D eigenvalue weighted by Crippen LogP contribution is -2.31. The van der Waals surface area contributed by atoms with E-state index in [0.717, 1.165) is 23.9 Å². The van der Waals surface area contributed by atoms with Crippen LogP contribution in [0.3, 0.4) is 0 Å². The summed E-state index contributed by atoms with van der Waals surface area (Å²) in [4.78, 5) is 0. The van der Waals surface area contributed by atoms with Gasteiger partial charge < -0.3 is 5.32 Å². The van der Waals surface area contributed by atoms with E-state index < -0.39 is 0 Å². The summed E-state index contributed by atoms with van der Waals surface area (Å²) in [5.41, 5.74) is 2.55. The lowest BCUT2D eigenvalue weighted by atomic mass is 9.94. The Morgan fingerprint density at radius 1 is 1.14 bits per heavy atom. The molecule has 1 unspecified atom stereocenters. The van der Waals surface area contributed by atoms with Crippen molar-refractivity contribution in [2.45, 2.75) is 32.7 Å². The van der Waals surface area contributed by atoms with Gasteiger partial charge in [-0.2, -0.15) is 5.10 Å². The maximum absolute atomic E-state index is 4.51. The van der Waals surface area contributed by atoms with E-state index in [4.69, 9.17) is 0 Å². The van der Waals surface area contributed by atoms with Gasteiger partial charge in [0.1, 0.15) is 0 Å². The first-order valence-corrected chi connectivity index (χ1v) is 8.28. The van der Waals surface area contributed by atoms with E-state index in [2.05, 4.69) is 70.5 Å². The van der Waals surface area contributed by atoms with Crippen molar-refractivity contribution in [1.82, 2.24) is 15.1 Å². The fraction of sp³-hybridized carbons (Fsp3) is 0.471. The zero-order valence-electron chi connectivity index (χ0n) is 13.0. The van der Waals surface area contributed by atoms with Gasteiger partial charge in [-0.15, -0.1) is 0 Å². The van der Waals surface area contributed by atoms with Gasteiger partial charge in [0, 0.05) is 23.8 Å². The second-order valence-corrected chi connectivity index (χ2v) is 6.86. The molecule has 21 heavy (non-hydrogen) atoms. The van der Waals surface area contributed by atoms with Gasteiger partial charge in [0.25, 0.3) is 0 Å². The SMILES string of the molecule is CC(C)NCC(Cc1ccc(Br)cc1)Cc1ccn(C)n1. The van der Waals surface area contributed by atoms with Crippen LogP contribution in [-0.2, 0) is 19.9 Å². The van der Waals surface area contributed by atoms with Crippen molar-refractivity contribution in [2.75, 3.05) is 6.54 Å². The van der Waals surface area contributed by atoms with Crippen LogP contribution in [0, 0.1) is 5.92 Å². The molecule has 1 atom stereocenters. The quantitative estimate of drug-likeness (QED) is 0.827. The smallest absolute Gasteiger partial charge is 0.0627 e.